The highest BCUT2D eigenvalue weighted by molar-refractivity contribution is 5.94. The molecule has 1 aromatic carbocycles. The molecule has 0 fully saturated rings. The summed E-state index contributed by atoms with van der Waals surface area (Å²) in [5, 5.41) is 18.9. The van der Waals surface area contributed by atoms with Gasteiger partial charge in [-0.15, -0.1) is 0 Å². The minimum Gasteiger partial charge on any atom is -0.504 e. The number of rotatable bonds is 3. The first-order valence-electron chi connectivity index (χ1n) is 5.90. The molecule has 21 heavy (non-hydrogen) atoms. The second-order valence-electron chi connectivity index (χ2n) is 4.10. The SMILES string of the molecule is COC(=O)c1ccc(C(=O)OC)n1-c1ccc(O)c(O)c1. The lowest BCUT2D eigenvalue weighted by molar-refractivity contribution is 0.0584. The van der Waals surface area contributed by atoms with Crippen LogP contribution in [0.25, 0.3) is 5.69 Å². The number of nitrogens with zero attached hydrogens (tertiary/aromatic N) is 1. The highest BCUT2D eigenvalue weighted by Crippen LogP contribution is 2.29. The molecule has 0 spiro atoms. The highest BCUT2D eigenvalue weighted by Gasteiger charge is 2.22. The second kappa shape index (κ2) is 5.58. The number of aromatic hydroxyl groups is 2. The first-order valence-corrected chi connectivity index (χ1v) is 5.90. The van der Waals surface area contributed by atoms with E-state index in [-0.39, 0.29) is 22.9 Å². The quantitative estimate of drug-likeness (QED) is 0.656. The molecule has 0 atom stereocenters. The Kier molecular flexibility index (Phi) is 3.84. The predicted octanol–water partition coefficient (Wildman–Crippen LogP) is 1.46. The molecule has 0 aliphatic rings. The lowest BCUT2D eigenvalue weighted by Gasteiger charge is -2.12. The van der Waals surface area contributed by atoms with Gasteiger partial charge in [-0.25, -0.2) is 9.59 Å². The van der Waals surface area contributed by atoms with E-state index in [9.17, 15) is 19.8 Å². The molecule has 0 unspecified atom stereocenters. The fourth-order valence-corrected chi connectivity index (χ4v) is 1.89. The van der Waals surface area contributed by atoms with Crippen LogP contribution in [-0.2, 0) is 9.47 Å². The number of carbonyl (C=O) groups is 2. The Balaban J connectivity index is 2.68. The molecule has 7 heteroatoms. The molecular formula is C14H13NO6. The maximum absolute atomic E-state index is 11.8. The molecule has 0 amide bonds. The number of phenols is 2. The van der Waals surface area contributed by atoms with Crippen LogP contribution in [0.3, 0.4) is 0 Å². The van der Waals surface area contributed by atoms with E-state index in [2.05, 4.69) is 9.47 Å². The smallest absolute Gasteiger partial charge is 0.355 e. The maximum Gasteiger partial charge on any atom is 0.355 e. The summed E-state index contributed by atoms with van der Waals surface area (Å²) in [4.78, 5) is 23.6. The van der Waals surface area contributed by atoms with Gasteiger partial charge in [0.25, 0.3) is 0 Å². The Morgan fingerprint density at radius 3 is 1.86 bits per heavy atom. The van der Waals surface area contributed by atoms with Crippen LogP contribution in [0.4, 0.5) is 0 Å². The summed E-state index contributed by atoms with van der Waals surface area (Å²) in [7, 11) is 2.43. The molecular weight excluding hydrogens is 278 g/mol. The van der Waals surface area contributed by atoms with Gasteiger partial charge in [-0.1, -0.05) is 0 Å². The molecule has 1 aromatic heterocycles. The summed E-state index contributed by atoms with van der Waals surface area (Å²) in [5.74, 6) is -2.01. The molecule has 0 saturated carbocycles. The first-order chi connectivity index (χ1) is 9.99. The Bertz CT molecular complexity index is 670. The summed E-state index contributed by atoms with van der Waals surface area (Å²) in [5.41, 5.74) is 0.474. The van der Waals surface area contributed by atoms with Crippen molar-refractivity contribution in [3.8, 4) is 17.2 Å². The summed E-state index contributed by atoms with van der Waals surface area (Å²) in [6, 6.07) is 6.71. The second-order valence-corrected chi connectivity index (χ2v) is 4.10. The van der Waals surface area contributed by atoms with Gasteiger partial charge in [0.2, 0.25) is 0 Å². The van der Waals surface area contributed by atoms with E-state index < -0.39 is 11.9 Å². The van der Waals surface area contributed by atoms with Crippen LogP contribution in [0.2, 0.25) is 0 Å². The van der Waals surface area contributed by atoms with Gasteiger partial charge >= 0.3 is 11.9 Å². The number of esters is 2. The molecule has 110 valence electrons. The minimum atomic E-state index is -0.655. The van der Waals surface area contributed by atoms with Gasteiger partial charge in [-0.05, 0) is 24.3 Å². The van der Waals surface area contributed by atoms with Gasteiger partial charge in [0.1, 0.15) is 11.4 Å². The fourth-order valence-electron chi connectivity index (χ4n) is 1.89. The van der Waals surface area contributed by atoms with Crippen molar-refractivity contribution >= 4 is 11.9 Å². The molecule has 0 aliphatic carbocycles. The molecule has 2 aromatic rings. The molecule has 0 saturated heterocycles. The van der Waals surface area contributed by atoms with E-state index in [0.29, 0.717) is 5.69 Å². The van der Waals surface area contributed by atoms with Gasteiger partial charge in [-0.2, -0.15) is 0 Å². The van der Waals surface area contributed by atoms with E-state index in [4.69, 9.17) is 0 Å². The number of benzene rings is 1. The molecule has 2 N–H and O–H groups in total. The zero-order valence-corrected chi connectivity index (χ0v) is 11.4. The average molecular weight is 291 g/mol. The Hall–Kier alpha value is -2.96. The molecule has 0 bridgehead atoms. The van der Waals surface area contributed by atoms with Crippen molar-refractivity contribution < 1.29 is 29.3 Å². The summed E-state index contributed by atoms with van der Waals surface area (Å²) >= 11 is 0. The average Bonchev–Trinajstić information content (AvgIpc) is 2.93. The maximum atomic E-state index is 11.8. The third-order valence-electron chi connectivity index (χ3n) is 2.89. The van der Waals surface area contributed by atoms with Crippen molar-refractivity contribution in [1.82, 2.24) is 4.57 Å². The van der Waals surface area contributed by atoms with Crippen LogP contribution in [0, 0.1) is 0 Å². The van der Waals surface area contributed by atoms with Crippen molar-refractivity contribution in [2.75, 3.05) is 14.2 Å². The number of carbonyl (C=O) groups excluding carboxylic acids is 2. The molecule has 2 rings (SSSR count). The number of aromatic nitrogens is 1. The Morgan fingerprint density at radius 2 is 1.43 bits per heavy atom. The van der Waals surface area contributed by atoms with Crippen LogP contribution in [0.15, 0.2) is 30.3 Å². The molecule has 1 heterocycles. The van der Waals surface area contributed by atoms with Crippen LogP contribution < -0.4 is 0 Å². The van der Waals surface area contributed by atoms with E-state index in [1.54, 1.807) is 0 Å². The van der Waals surface area contributed by atoms with Gasteiger partial charge in [0.15, 0.2) is 11.5 Å². The number of methoxy groups -OCH3 is 2. The van der Waals surface area contributed by atoms with Crippen molar-refractivity contribution in [2.45, 2.75) is 0 Å². The van der Waals surface area contributed by atoms with Crippen LogP contribution >= 0.6 is 0 Å². The van der Waals surface area contributed by atoms with E-state index >= 15 is 0 Å². The Morgan fingerprint density at radius 1 is 0.905 bits per heavy atom. The minimum absolute atomic E-state index is 0.0861. The fraction of sp³-hybridized carbons (Fsp3) is 0.143. The van der Waals surface area contributed by atoms with E-state index in [1.165, 1.54) is 49.1 Å². The highest BCUT2D eigenvalue weighted by atomic mass is 16.5. The van der Waals surface area contributed by atoms with Gasteiger partial charge in [-0.3, -0.25) is 4.57 Å². The standard InChI is InChI=1S/C14H13NO6/c1-20-13(18)9-4-5-10(14(19)21-2)15(9)8-3-6-11(16)12(17)7-8/h3-7,16-17H,1-2H3. The summed E-state index contributed by atoms with van der Waals surface area (Å²) < 4.78 is 10.6. The van der Waals surface area contributed by atoms with Crippen molar-refractivity contribution in [3.05, 3.63) is 41.7 Å². The monoisotopic (exact) mass is 291 g/mol. The predicted molar refractivity (Wildman–Crippen MR) is 71.8 cm³/mol. The van der Waals surface area contributed by atoms with E-state index in [1.807, 2.05) is 0 Å². The van der Waals surface area contributed by atoms with Crippen molar-refractivity contribution in [1.29, 1.82) is 0 Å². The van der Waals surface area contributed by atoms with Crippen LogP contribution in [0.1, 0.15) is 21.0 Å². The van der Waals surface area contributed by atoms with Gasteiger partial charge in [0.05, 0.1) is 19.9 Å². The number of hydrogen-bond donors (Lipinski definition) is 2. The van der Waals surface area contributed by atoms with Gasteiger partial charge < -0.3 is 19.7 Å². The largest absolute Gasteiger partial charge is 0.504 e. The number of hydrogen-bond acceptors (Lipinski definition) is 6. The summed E-state index contributed by atoms with van der Waals surface area (Å²) in [6.45, 7) is 0. The lowest BCUT2D eigenvalue weighted by atomic mass is 10.2. The number of phenolic OH excluding ortho intramolecular Hbond substituents is 2. The summed E-state index contributed by atoms with van der Waals surface area (Å²) in [6.07, 6.45) is 0. The topological polar surface area (TPSA) is 98.0 Å². The molecule has 0 radical (unpaired) electrons. The molecule has 0 aliphatic heterocycles. The first kappa shape index (κ1) is 14.4. The zero-order chi connectivity index (χ0) is 15.6. The molecule has 7 nitrogen and oxygen atoms in total. The van der Waals surface area contributed by atoms with Crippen molar-refractivity contribution in [2.24, 2.45) is 0 Å². The Labute approximate surface area is 120 Å². The normalized spacial score (nSPS) is 10.2. The number of ether oxygens (including phenoxy) is 2. The zero-order valence-electron chi connectivity index (χ0n) is 11.4. The van der Waals surface area contributed by atoms with Crippen LogP contribution in [-0.4, -0.2) is 40.9 Å². The van der Waals surface area contributed by atoms with Crippen molar-refractivity contribution in [3.63, 3.8) is 0 Å². The van der Waals surface area contributed by atoms with Crippen LogP contribution in [0.5, 0.6) is 11.5 Å². The van der Waals surface area contributed by atoms with E-state index in [0.717, 1.165) is 0 Å². The third kappa shape index (κ3) is 2.53. The third-order valence-corrected chi connectivity index (χ3v) is 2.89. The van der Waals surface area contributed by atoms with Gasteiger partial charge in [0, 0.05) is 6.07 Å². The lowest BCUT2D eigenvalue weighted by Crippen LogP contribution is -2.15.